The Morgan fingerprint density at radius 3 is 2.61 bits per heavy atom. The lowest BCUT2D eigenvalue weighted by Gasteiger charge is -2.24. The van der Waals surface area contributed by atoms with E-state index < -0.39 is 0 Å². The first-order valence-electron chi connectivity index (χ1n) is 10.1. The Hall–Kier alpha value is -2.44. The quantitative estimate of drug-likeness (QED) is 0.711. The molecule has 2 aromatic heterocycles. The summed E-state index contributed by atoms with van der Waals surface area (Å²) in [5.41, 5.74) is 4.14. The Labute approximate surface area is 166 Å². The summed E-state index contributed by atoms with van der Waals surface area (Å²) in [4.78, 5) is 6.57. The van der Waals surface area contributed by atoms with Crippen molar-refractivity contribution in [3.63, 3.8) is 0 Å². The zero-order chi connectivity index (χ0) is 19.6. The number of fused-ring (bicyclic) bond motifs is 1. The number of hydrogen-bond acceptors (Lipinski definition) is 4. The number of nitrogens with zero attached hydrogens (tertiary/aromatic N) is 3. The predicted molar refractivity (Wildman–Crippen MR) is 112 cm³/mol. The van der Waals surface area contributed by atoms with Crippen LogP contribution in [0.2, 0.25) is 0 Å². The molecule has 1 aromatic carbocycles. The zero-order valence-electron chi connectivity index (χ0n) is 17.0. The Bertz CT molecular complexity index is 923. The number of anilines is 1. The van der Waals surface area contributed by atoms with E-state index in [0.29, 0.717) is 0 Å². The van der Waals surface area contributed by atoms with Crippen LogP contribution in [0.4, 0.5) is 5.82 Å². The minimum absolute atomic E-state index is 0.0358. The highest BCUT2D eigenvalue weighted by atomic mass is 16.5. The van der Waals surface area contributed by atoms with Crippen molar-refractivity contribution in [3.05, 3.63) is 48.3 Å². The summed E-state index contributed by atoms with van der Waals surface area (Å²) in [7, 11) is 0. The van der Waals surface area contributed by atoms with Gasteiger partial charge >= 0.3 is 0 Å². The molecule has 3 aromatic rings. The van der Waals surface area contributed by atoms with Gasteiger partial charge in [0.05, 0.1) is 38.2 Å². The molecule has 0 aliphatic carbocycles. The van der Waals surface area contributed by atoms with E-state index in [2.05, 4.69) is 61.5 Å². The van der Waals surface area contributed by atoms with Crippen LogP contribution in [0.5, 0.6) is 0 Å². The van der Waals surface area contributed by atoms with Crippen molar-refractivity contribution in [2.75, 3.05) is 44.7 Å². The van der Waals surface area contributed by atoms with Gasteiger partial charge in [-0.15, -0.1) is 0 Å². The Kier molecular flexibility index (Phi) is 5.33. The fraction of sp³-hybridized carbons (Fsp3) is 0.455. The largest absolute Gasteiger partial charge is 0.370 e. The fourth-order valence-electron chi connectivity index (χ4n) is 3.57. The molecular formula is C22H30N5O+. The van der Waals surface area contributed by atoms with Crippen LogP contribution >= 0.6 is 0 Å². The van der Waals surface area contributed by atoms with Crippen molar-refractivity contribution in [1.82, 2.24) is 14.6 Å². The third-order valence-electron chi connectivity index (χ3n) is 5.31. The minimum Gasteiger partial charge on any atom is -0.370 e. The Morgan fingerprint density at radius 2 is 1.89 bits per heavy atom. The second-order valence-electron chi connectivity index (χ2n) is 8.48. The van der Waals surface area contributed by atoms with Gasteiger partial charge in [0, 0.05) is 17.0 Å². The maximum absolute atomic E-state index is 5.46. The van der Waals surface area contributed by atoms with Crippen molar-refractivity contribution in [1.29, 1.82) is 0 Å². The van der Waals surface area contributed by atoms with Gasteiger partial charge in [-0.3, -0.25) is 0 Å². The van der Waals surface area contributed by atoms with E-state index in [0.717, 1.165) is 67.7 Å². The summed E-state index contributed by atoms with van der Waals surface area (Å²) >= 11 is 0. The van der Waals surface area contributed by atoms with Gasteiger partial charge in [0.15, 0.2) is 5.65 Å². The first-order chi connectivity index (χ1) is 13.5. The fourth-order valence-corrected chi connectivity index (χ4v) is 3.57. The molecule has 0 saturated carbocycles. The third-order valence-corrected chi connectivity index (χ3v) is 5.31. The average Bonchev–Trinajstić information content (AvgIpc) is 3.13. The molecular weight excluding hydrogens is 350 g/mol. The van der Waals surface area contributed by atoms with Crippen LogP contribution < -0.4 is 10.2 Å². The summed E-state index contributed by atoms with van der Waals surface area (Å²) in [6, 6.07) is 12.5. The van der Waals surface area contributed by atoms with E-state index in [1.165, 1.54) is 0 Å². The lowest BCUT2D eigenvalue weighted by Crippen LogP contribution is -3.14. The van der Waals surface area contributed by atoms with E-state index >= 15 is 0 Å². The first-order valence-corrected chi connectivity index (χ1v) is 10.1. The number of ether oxygens (including phenoxy) is 1. The number of nitrogens with one attached hydrogen (secondary N) is 2. The highest BCUT2D eigenvalue weighted by molar-refractivity contribution is 5.78. The molecule has 6 nitrogen and oxygen atoms in total. The van der Waals surface area contributed by atoms with E-state index in [1.54, 1.807) is 4.90 Å². The molecule has 1 fully saturated rings. The van der Waals surface area contributed by atoms with Gasteiger partial charge in [0.1, 0.15) is 18.9 Å². The number of benzene rings is 1. The van der Waals surface area contributed by atoms with Crippen LogP contribution in [0, 0.1) is 0 Å². The summed E-state index contributed by atoms with van der Waals surface area (Å²) in [5, 5.41) is 8.26. The van der Waals surface area contributed by atoms with Crippen LogP contribution in [-0.4, -0.2) is 54.0 Å². The number of aromatic nitrogens is 3. The molecule has 0 unspecified atom stereocenters. The van der Waals surface area contributed by atoms with Crippen LogP contribution in [0.1, 0.15) is 26.5 Å². The second-order valence-corrected chi connectivity index (χ2v) is 8.48. The molecule has 0 amide bonds. The Balaban J connectivity index is 1.65. The molecule has 2 N–H and O–H groups in total. The number of quaternary nitrogens is 1. The van der Waals surface area contributed by atoms with E-state index in [9.17, 15) is 0 Å². The number of rotatable bonds is 5. The number of morpholine rings is 1. The lowest BCUT2D eigenvalue weighted by molar-refractivity contribution is -0.906. The SMILES string of the molecule is CC(C)(C)c1cc(NCC[NH+]2CCOCC2)n2ncc(-c3ccccc3)c2n1. The average molecular weight is 381 g/mol. The summed E-state index contributed by atoms with van der Waals surface area (Å²) in [5.74, 6) is 1.00. The highest BCUT2D eigenvalue weighted by Crippen LogP contribution is 2.29. The molecule has 3 heterocycles. The normalized spacial score (nSPS) is 15.8. The van der Waals surface area contributed by atoms with Crippen LogP contribution in [0.25, 0.3) is 16.8 Å². The molecule has 1 aliphatic rings. The predicted octanol–water partition coefficient (Wildman–Crippen LogP) is 2.02. The standard InChI is InChI=1S/C22H29N5O/c1-22(2,3)19-15-20(23-9-10-26-11-13-28-14-12-26)27-21(25-19)18(16-24-27)17-7-5-4-6-8-17/h4-8,15-16,23H,9-14H2,1-3H3/p+1. The van der Waals surface area contributed by atoms with Crippen molar-refractivity contribution in [3.8, 4) is 11.1 Å². The zero-order valence-corrected chi connectivity index (χ0v) is 17.0. The van der Waals surface area contributed by atoms with E-state index in [4.69, 9.17) is 9.72 Å². The van der Waals surface area contributed by atoms with E-state index in [-0.39, 0.29) is 5.41 Å². The van der Waals surface area contributed by atoms with Crippen LogP contribution in [0.15, 0.2) is 42.6 Å². The molecule has 6 heteroatoms. The van der Waals surface area contributed by atoms with Crippen LogP contribution in [0.3, 0.4) is 0 Å². The summed E-state index contributed by atoms with van der Waals surface area (Å²) in [6.45, 7) is 12.5. The molecule has 148 valence electrons. The topological polar surface area (TPSA) is 55.9 Å². The van der Waals surface area contributed by atoms with Gasteiger partial charge in [0.2, 0.25) is 0 Å². The van der Waals surface area contributed by atoms with Gasteiger partial charge in [-0.25, -0.2) is 4.98 Å². The molecule has 0 spiro atoms. The van der Waals surface area contributed by atoms with Gasteiger partial charge in [0.25, 0.3) is 0 Å². The molecule has 1 aliphatic heterocycles. The molecule has 1 saturated heterocycles. The maximum Gasteiger partial charge on any atom is 0.165 e. The number of hydrogen-bond donors (Lipinski definition) is 2. The van der Waals surface area contributed by atoms with Crippen molar-refractivity contribution in [2.24, 2.45) is 0 Å². The summed E-state index contributed by atoms with van der Waals surface area (Å²) in [6.07, 6.45) is 1.92. The molecule has 0 radical (unpaired) electrons. The highest BCUT2D eigenvalue weighted by Gasteiger charge is 2.21. The Morgan fingerprint density at radius 1 is 1.14 bits per heavy atom. The lowest BCUT2D eigenvalue weighted by atomic mass is 9.92. The third kappa shape index (κ3) is 4.03. The van der Waals surface area contributed by atoms with Crippen molar-refractivity contribution >= 4 is 11.5 Å². The maximum atomic E-state index is 5.46. The molecule has 4 rings (SSSR count). The van der Waals surface area contributed by atoms with Gasteiger partial charge in [-0.1, -0.05) is 51.1 Å². The van der Waals surface area contributed by atoms with Gasteiger partial charge < -0.3 is 15.0 Å². The molecule has 0 bridgehead atoms. The van der Waals surface area contributed by atoms with Crippen molar-refractivity contribution < 1.29 is 9.64 Å². The molecule has 28 heavy (non-hydrogen) atoms. The van der Waals surface area contributed by atoms with Gasteiger partial charge in [-0.05, 0) is 5.56 Å². The van der Waals surface area contributed by atoms with E-state index in [1.807, 2.05) is 16.8 Å². The first kappa shape index (κ1) is 18.9. The summed E-state index contributed by atoms with van der Waals surface area (Å²) < 4.78 is 7.39. The second kappa shape index (κ2) is 7.89. The van der Waals surface area contributed by atoms with Crippen LogP contribution in [-0.2, 0) is 10.2 Å². The van der Waals surface area contributed by atoms with Crippen molar-refractivity contribution in [2.45, 2.75) is 26.2 Å². The van der Waals surface area contributed by atoms with Gasteiger partial charge in [-0.2, -0.15) is 9.61 Å². The monoisotopic (exact) mass is 380 g/mol. The molecule has 0 atom stereocenters. The smallest absolute Gasteiger partial charge is 0.165 e. The minimum atomic E-state index is -0.0358.